The lowest BCUT2D eigenvalue weighted by Gasteiger charge is -2.27. The van der Waals surface area contributed by atoms with Crippen LogP contribution in [0.4, 0.5) is 5.69 Å². The van der Waals surface area contributed by atoms with E-state index >= 15 is 0 Å². The Bertz CT molecular complexity index is 630. The van der Waals surface area contributed by atoms with E-state index in [2.05, 4.69) is 18.8 Å². The lowest BCUT2D eigenvalue weighted by atomic mass is 9.89. The van der Waals surface area contributed by atoms with Crippen LogP contribution in [0.15, 0.2) is 24.3 Å². The van der Waals surface area contributed by atoms with Gasteiger partial charge in [0, 0.05) is 11.4 Å². The summed E-state index contributed by atoms with van der Waals surface area (Å²) in [7, 11) is 0. The van der Waals surface area contributed by atoms with E-state index in [1.807, 2.05) is 24.3 Å². The molecule has 3 heteroatoms. The van der Waals surface area contributed by atoms with E-state index < -0.39 is 0 Å². The Labute approximate surface area is 126 Å². The van der Waals surface area contributed by atoms with Gasteiger partial charge in [0.25, 0.3) is 0 Å². The molecule has 112 valence electrons. The molecule has 1 aromatic carbocycles. The minimum atomic E-state index is 0.317. The Morgan fingerprint density at radius 1 is 1.24 bits per heavy atom. The van der Waals surface area contributed by atoms with Gasteiger partial charge in [0.2, 0.25) is 0 Å². The number of nitrogens with two attached hydrogens (primary N) is 1. The van der Waals surface area contributed by atoms with Crippen LogP contribution in [0.3, 0.4) is 0 Å². The minimum Gasteiger partial charge on any atom is -0.490 e. The first-order valence-electron chi connectivity index (χ1n) is 8.02. The number of ether oxygens (including phenoxy) is 1. The summed E-state index contributed by atoms with van der Waals surface area (Å²) in [5.74, 6) is 1.72. The van der Waals surface area contributed by atoms with Crippen molar-refractivity contribution in [3.8, 4) is 5.75 Å². The molecule has 0 aliphatic heterocycles. The highest BCUT2D eigenvalue weighted by Gasteiger charge is 2.20. The van der Waals surface area contributed by atoms with Crippen molar-refractivity contribution in [1.29, 1.82) is 0 Å². The summed E-state index contributed by atoms with van der Waals surface area (Å²) in [6.07, 6.45) is 5.99. The summed E-state index contributed by atoms with van der Waals surface area (Å²) in [5, 5.41) is 0.966. The summed E-state index contributed by atoms with van der Waals surface area (Å²) >= 11 is 0. The fraction of sp³-hybridized carbons (Fsp3) is 0.500. The second-order valence-corrected chi connectivity index (χ2v) is 6.21. The zero-order chi connectivity index (χ0) is 14.8. The van der Waals surface area contributed by atoms with Crippen LogP contribution in [-0.2, 0) is 6.42 Å². The number of fused-ring (bicyclic) bond motifs is 1. The van der Waals surface area contributed by atoms with Crippen molar-refractivity contribution in [1.82, 2.24) is 4.98 Å². The quantitative estimate of drug-likeness (QED) is 0.912. The van der Waals surface area contributed by atoms with E-state index in [0.717, 1.165) is 53.2 Å². The number of pyridine rings is 1. The molecule has 0 radical (unpaired) electrons. The number of hydrogen-bond donors (Lipinski definition) is 1. The number of rotatable bonds is 3. The van der Waals surface area contributed by atoms with Crippen LogP contribution in [0.1, 0.15) is 45.2 Å². The second kappa shape index (κ2) is 5.92. The van der Waals surface area contributed by atoms with Gasteiger partial charge in [-0.1, -0.05) is 19.9 Å². The van der Waals surface area contributed by atoms with E-state index in [4.69, 9.17) is 10.5 Å². The highest BCUT2D eigenvalue weighted by molar-refractivity contribution is 5.95. The monoisotopic (exact) mass is 284 g/mol. The Balaban J connectivity index is 1.91. The molecule has 0 amide bonds. The third-order valence-electron chi connectivity index (χ3n) is 4.50. The van der Waals surface area contributed by atoms with Gasteiger partial charge in [-0.05, 0) is 56.2 Å². The fourth-order valence-electron chi connectivity index (χ4n) is 3.15. The largest absolute Gasteiger partial charge is 0.490 e. The molecule has 3 nitrogen and oxygen atoms in total. The van der Waals surface area contributed by atoms with Gasteiger partial charge < -0.3 is 10.5 Å². The van der Waals surface area contributed by atoms with E-state index in [-0.39, 0.29) is 0 Å². The smallest absolute Gasteiger partial charge is 0.131 e. The van der Waals surface area contributed by atoms with Gasteiger partial charge in [0.15, 0.2) is 0 Å². The van der Waals surface area contributed by atoms with Crippen LogP contribution in [-0.4, -0.2) is 11.1 Å². The number of hydrogen-bond acceptors (Lipinski definition) is 3. The fourth-order valence-corrected chi connectivity index (χ4v) is 3.15. The first-order chi connectivity index (χ1) is 10.2. The molecular weight excluding hydrogens is 260 g/mol. The Morgan fingerprint density at radius 2 is 2.00 bits per heavy atom. The average molecular weight is 284 g/mol. The van der Waals surface area contributed by atoms with Gasteiger partial charge in [0.05, 0.1) is 17.0 Å². The maximum atomic E-state index is 6.25. The maximum Gasteiger partial charge on any atom is 0.131 e. The molecule has 1 saturated carbocycles. The van der Waals surface area contributed by atoms with Crippen LogP contribution in [0.5, 0.6) is 5.75 Å². The van der Waals surface area contributed by atoms with E-state index in [9.17, 15) is 0 Å². The first-order valence-corrected chi connectivity index (χ1v) is 8.02. The molecule has 21 heavy (non-hydrogen) atoms. The van der Waals surface area contributed by atoms with Crippen LogP contribution in [0.2, 0.25) is 0 Å². The Morgan fingerprint density at radius 3 is 2.71 bits per heavy atom. The number of benzene rings is 1. The van der Waals surface area contributed by atoms with Crippen LogP contribution in [0, 0.1) is 5.92 Å². The van der Waals surface area contributed by atoms with Crippen molar-refractivity contribution >= 4 is 16.6 Å². The van der Waals surface area contributed by atoms with Crippen LogP contribution < -0.4 is 10.5 Å². The molecule has 2 aromatic rings. The molecule has 3 rings (SSSR count). The molecule has 1 aliphatic rings. The molecule has 0 saturated heterocycles. The van der Waals surface area contributed by atoms with Gasteiger partial charge in [-0.3, -0.25) is 4.98 Å². The summed E-state index contributed by atoms with van der Waals surface area (Å²) in [6, 6.07) is 8.01. The summed E-state index contributed by atoms with van der Waals surface area (Å²) in [6.45, 7) is 4.42. The molecule has 0 bridgehead atoms. The summed E-state index contributed by atoms with van der Waals surface area (Å²) < 4.78 is 6.25. The predicted molar refractivity (Wildman–Crippen MR) is 87.6 cm³/mol. The standard InChI is InChI=1S/C18H24N2O/c1-3-13-11-15(19)18-16(20-13)5-4-6-17(18)21-14-9-7-12(2)8-10-14/h4-6,11-12,14H,3,7-10H2,1-2H3,(H2,19,20)/t12-,14+. The molecule has 0 spiro atoms. The minimum absolute atomic E-state index is 0.317. The van der Waals surface area contributed by atoms with Crippen molar-refractivity contribution in [2.75, 3.05) is 5.73 Å². The third-order valence-corrected chi connectivity index (χ3v) is 4.50. The topological polar surface area (TPSA) is 48.1 Å². The van der Waals surface area contributed by atoms with Gasteiger partial charge in [-0.25, -0.2) is 0 Å². The lowest BCUT2D eigenvalue weighted by molar-refractivity contribution is 0.137. The van der Waals surface area contributed by atoms with Gasteiger partial charge in [0.1, 0.15) is 5.75 Å². The maximum absolute atomic E-state index is 6.25. The van der Waals surface area contributed by atoms with Crippen molar-refractivity contribution < 1.29 is 4.74 Å². The average Bonchev–Trinajstić information content (AvgIpc) is 2.49. The summed E-state index contributed by atoms with van der Waals surface area (Å²) in [4.78, 5) is 4.66. The zero-order valence-corrected chi connectivity index (χ0v) is 12.9. The zero-order valence-electron chi connectivity index (χ0n) is 12.9. The molecule has 0 unspecified atom stereocenters. The number of nitrogen functional groups attached to an aromatic ring is 1. The van der Waals surface area contributed by atoms with E-state index in [1.54, 1.807) is 0 Å². The van der Waals surface area contributed by atoms with Gasteiger partial charge >= 0.3 is 0 Å². The van der Waals surface area contributed by atoms with Crippen molar-refractivity contribution in [3.63, 3.8) is 0 Å². The van der Waals surface area contributed by atoms with Crippen LogP contribution in [0.25, 0.3) is 10.9 Å². The summed E-state index contributed by atoms with van der Waals surface area (Å²) in [5.41, 5.74) is 8.98. The predicted octanol–water partition coefficient (Wildman–Crippen LogP) is 4.34. The van der Waals surface area contributed by atoms with Crippen molar-refractivity contribution in [3.05, 3.63) is 30.0 Å². The molecule has 1 fully saturated rings. The van der Waals surface area contributed by atoms with Crippen molar-refractivity contribution in [2.24, 2.45) is 5.92 Å². The number of aryl methyl sites for hydroxylation is 1. The van der Waals surface area contributed by atoms with Crippen molar-refractivity contribution in [2.45, 2.75) is 52.1 Å². The molecule has 2 N–H and O–H groups in total. The van der Waals surface area contributed by atoms with Crippen LogP contribution >= 0.6 is 0 Å². The SMILES string of the molecule is CCc1cc(N)c2c(O[C@H]3CC[C@@H](C)CC3)cccc2n1. The molecule has 0 atom stereocenters. The normalized spacial score (nSPS) is 22.4. The first kappa shape index (κ1) is 14.2. The van der Waals surface area contributed by atoms with E-state index in [1.165, 1.54) is 12.8 Å². The molecule has 1 heterocycles. The van der Waals surface area contributed by atoms with E-state index in [0.29, 0.717) is 6.10 Å². The molecule has 1 aromatic heterocycles. The van der Waals surface area contributed by atoms with Gasteiger partial charge in [-0.2, -0.15) is 0 Å². The third kappa shape index (κ3) is 2.97. The number of nitrogens with zero attached hydrogens (tertiary/aromatic N) is 1. The Kier molecular flexibility index (Phi) is 4.00. The number of aromatic nitrogens is 1. The second-order valence-electron chi connectivity index (χ2n) is 6.21. The lowest BCUT2D eigenvalue weighted by Crippen LogP contribution is -2.23. The molecular formula is C18H24N2O. The highest BCUT2D eigenvalue weighted by Crippen LogP contribution is 2.34. The highest BCUT2D eigenvalue weighted by atomic mass is 16.5. The Hall–Kier alpha value is -1.77. The van der Waals surface area contributed by atoms with Gasteiger partial charge in [-0.15, -0.1) is 0 Å². The molecule has 1 aliphatic carbocycles. The number of anilines is 1.